The Balaban J connectivity index is 1.86. The molecule has 2 aromatic rings. The second kappa shape index (κ2) is 7.47. The van der Waals surface area contributed by atoms with Gasteiger partial charge in [0.2, 0.25) is 0 Å². The molecule has 0 saturated carbocycles. The number of methoxy groups -OCH3 is 1. The van der Waals surface area contributed by atoms with E-state index < -0.39 is 11.4 Å². The number of hydrogen-bond donors (Lipinski definition) is 1. The molecule has 1 aromatic heterocycles. The summed E-state index contributed by atoms with van der Waals surface area (Å²) in [5, 5.41) is 9.45. The van der Waals surface area contributed by atoms with Crippen LogP contribution in [0.5, 0.6) is 11.5 Å². The number of aromatic nitrogens is 1. The van der Waals surface area contributed by atoms with Gasteiger partial charge < -0.3 is 23.9 Å². The molecular weight excluding hydrogens is 386 g/mol. The van der Waals surface area contributed by atoms with Crippen molar-refractivity contribution in [1.82, 2.24) is 4.57 Å². The maximum absolute atomic E-state index is 12.5. The molecule has 2 aliphatic rings. The van der Waals surface area contributed by atoms with E-state index in [1.165, 1.54) is 12.3 Å². The first-order valence-corrected chi connectivity index (χ1v) is 10.1. The molecule has 0 spiro atoms. The Morgan fingerprint density at radius 3 is 2.47 bits per heavy atom. The minimum Gasteiger partial charge on any atom is -0.489 e. The highest BCUT2D eigenvalue weighted by atomic mass is 16.5. The van der Waals surface area contributed by atoms with Gasteiger partial charge in [-0.3, -0.25) is 4.79 Å². The number of carbonyl (C=O) groups is 1. The molecule has 160 valence electrons. The van der Waals surface area contributed by atoms with Gasteiger partial charge in [-0.25, -0.2) is 4.79 Å². The molecule has 1 aromatic carbocycles. The number of benzene rings is 1. The van der Waals surface area contributed by atoms with Crippen LogP contribution in [0.2, 0.25) is 0 Å². The van der Waals surface area contributed by atoms with Gasteiger partial charge >= 0.3 is 5.97 Å². The third kappa shape index (κ3) is 3.58. The number of fused-ring (bicyclic) bond motifs is 4. The van der Waals surface area contributed by atoms with Crippen LogP contribution in [-0.2, 0) is 11.2 Å². The molecule has 0 saturated heterocycles. The van der Waals surface area contributed by atoms with Crippen molar-refractivity contribution in [2.45, 2.75) is 33.2 Å². The molecule has 0 amide bonds. The summed E-state index contributed by atoms with van der Waals surface area (Å²) in [6.07, 6.45) is 2.18. The van der Waals surface area contributed by atoms with Crippen LogP contribution in [0.25, 0.3) is 11.3 Å². The lowest BCUT2D eigenvalue weighted by Gasteiger charge is -2.39. The van der Waals surface area contributed by atoms with Crippen molar-refractivity contribution in [2.75, 3.05) is 26.9 Å². The van der Waals surface area contributed by atoms with Gasteiger partial charge in [0, 0.05) is 31.0 Å². The van der Waals surface area contributed by atoms with Crippen LogP contribution < -0.4 is 14.9 Å². The summed E-state index contributed by atoms with van der Waals surface area (Å²) in [4.78, 5) is 24.1. The fraction of sp³-hybridized carbons (Fsp3) is 0.478. The average Bonchev–Trinajstić information content (AvgIpc) is 2.87. The maximum atomic E-state index is 12.5. The van der Waals surface area contributed by atoms with Crippen molar-refractivity contribution in [3.05, 3.63) is 45.7 Å². The second-order valence-electron chi connectivity index (χ2n) is 9.13. The summed E-state index contributed by atoms with van der Waals surface area (Å²) in [6, 6.07) is 5.32. The first kappa shape index (κ1) is 20.5. The highest BCUT2D eigenvalue weighted by Gasteiger charge is 2.34. The largest absolute Gasteiger partial charge is 0.489 e. The number of rotatable bonds is 3. The topological polar surface area (TPSA) is 87.0 Å². The van der Waals surface area contributed by atoms with Crippen molar-refractivity contribution < 1.29 is 24.1 Å². The Labute approximate surface area is 175 Å². The number of nitrogens with zero attached hydrogens (tertiary/aromatic N) is 1. The van der Waals surface area contributed by atoms with Crippen LogP contribution in [0.4, 0.5) is 0 Å². The molecular formula is C23H27NO6. The van der Waals surface area contributed by atoms with E-state index in [1.807, 2.05) is 16.7 Å². The van der Waals surface area contributed by atoms with Gasteiger partial charge in [-0.1, -0.05) is 20.8 Å². The highest BCUT2D eigenvalue weighted by molar-refractivity contribution is 5.88. The van der Waals surface area contributed by atoms with E-state index in [-0.39, 0.29) is 22.9 Å². The molecule has 7 heteroatoms. The molecule has 0 fully saturated rings. The Kier molecular flexibility index (Phi) is 5.10. The monoisotopic (exact) mass is 413 g/mol. The smallest absolute Gasteiger partial charge is 0.341 e. The van der Waals surface area contributed by atoms with E-state index >= 15 is 0 Å². The zero-order chi connectivity index (χ0) is 21.6. The van der Waals surface area contributed by atoms with Crippen LogP contribution in [-0.4, -0.2) is 42.6 Å². The number of aromatic carboxylic acids is 1. The highest BCUT2D eigenvalue weighted by Crippen LogP contribution is 2.46. The van der Waals surface area contributed by atoms with Crippen LogP contribution in [0.15, 0.2) is 29.2 Å². The van der Waals surface area contributed by atoms with Crippen LogP contribution in [0.3, 0.4) is 0 Å². The van der Waals surface area contributed by atoms with E-state index in [0.29, 0.717) is 43.4 Å². The summed E-state index contributed by atoms with van der Waals surface area (Å²) in [5.41, 5.74) is 1.78. The zero-order valence-electron chi connectivity index (χ0n) is 17.7. The lowest BCUT2D eigenvalue weighted by molar-refractivity contribution is 0.0693. The lowest BCUT2D eigenvalue weighted by Crippen LogP contribution is -2.32. The van der Waals surface area contributed by atoms with E-state index in [2.05, 4.69) is 20.8 Å². The number of ether oxygens (including phenoxy) is 3. The average molecular weight is 413 g/mol. The van der Waals surface area contributed by atoms with E-state index in [0.717, 1.165) is 11.1 Å². The predicted molar refractivity (Wildman–Crippen MR) is 112 cm³/mol. The fourth-order valence-corrected chi connectivity index (χ4v) is 4.24. The van der Waals surface area contributed by atoms with Crippen molar-refractivity contribution in [1.29, 1.82) is 0 Å². The zero-order valence-corrected chi connectivity index (χ0v) is 17.7. The summed E-state index contributed by atoms with van der Waals surface area (Å²) >= 11 is 0. The third-order valence-electron chi connectivity index (χ3n) is 5.86. The van der Waals surface area contributed by atoms with Gasteiger partial charge in [0.25, 0.3) is 0 Å². The molecule has 0 radical (unpaired) electrons. The summed E-state index contributed by atoms with van der Waals surface area (Å²) in [5.74, 6) is 0.243. The summed E-state index contributed by atoms with van der Waals surface area (Å²) in [6.45, 7) is 7.89. The molecule has 0 bridgehead atoms. The molecule has 2 atom stereocenters. The van der Waals surface area contributed by atoms with Crippen molar-refractivity contribution >= 4 is 5.97 Å². The maximum Gasteiger partial charge on any atom is 0.341 e. The summed E-state index contributed by atoms with van der Waals surface area (Å²) in [7, 11) is 1.66. The molecule has 2 aliphatic heterocycles. The number of carboxylic acids is 1. The van der Waals surface area contributed by atoms with E-state index in [9.17, 15) is 14.7 Å². The van der Waals surface area contributed by atoms with E-state index in [4.69, 9.17) is 14.2 Å². The Morgan fingerprint density at radius 1 is 1.20 bits per heavy atom. The van der Waals surface area contributed by atoms with Gasteiger partial charge in [0.15, 0.2) is 16.9 Å². The van der Waals surface area contributed by atoms with Gasteiger partial charge in [-0.05, 0) is 29.5 Å². The normalized spacial score (nSPS) is 20.1. The summed E-state index contributed by atoms with van der Waals surface area (Å²) < 4.78 is 19.2. The minimum absolute atomic E-state index is 0.00955. The number of carboxylic acid groups (broad SMARTS) is 1. The van der Waals surface area contributed by atoms with Crippen molar-refractivity contribution in [3.8, 4) is 22.8 Å². The van der Waals surface area contributed by atoms with Gasteiger partial charge in [0.1, 0.15) is 5.56 Å². The molecule has 0 aliphatic carbocycles. The standard InChI is InChI=1S/C23H27NO6/c1-23(2,3)21-6-14-5-19-20(30-12-13(10-28-4)11-29-19)7-15(14)17-8-18(25)16(22(26)27)9-24(17)21/h5,7-9,13,21H,6,10-12H2,1-4H3,(H,26,27). The fourth-order valence-electron chi connectivity index (χ4n) is 4.24. The van der Waals surface area contributed by atoms with Gasteiger partial charge in [-0.2, -0.15) is 0 Å². The first-order chi connectivity index (χ1) is 14.2. The second-order valence-corrected chi connectivity index (χ2v) is 9.13. The third-order valence-corrected chi connectivity index (χ3v) is 5.86. The van der Waals surface area contributed by atoms with Crippen LogP contribution >= 0.6 is 0 Å². The van der Waals surface area contributed by atoms with Crippen molar-refractivity contribution in [3.63, 3.8) is 0 Å². The molecule has 2 unspecified atom stereocenters. The first-order valence-electron chi connectivity index (χ1n) is 10.1. The SMILES string of the molecule is COCC1COc2cc3c(cc2OC1)-c1cc(=O)c(C(=O)O)cn1C(C(C)(C)C)C3. The molecule has 4 rings (SSSR count). The number of hydrogen-bond acceptors (Lipinski definition) is 5. The minimum atomic E-state index is -1.21. The molecule has 3 heterocycles. The van der Waals surface area contributed by atoms with E-state index in [1.54, 1.807) is 7.11 Å². The Morgan fingerprint density at radius 2 is 1.87 bits per heavy atom. The van der Waals surface area contributed by atoms with Gasteiger partial charge in [0.05, 0.1) is 31.4 Å². The molecule has 30 heavy (non-hydrogen) atoms. The van der Waals surface area contributed by atoms with Crippen LogP contribution in [0.1, 0.15) is 42.7 Å². The van der Waals surface area contributed by atoms with Crippen molar-refractivity contribution in [2.24, 2.45) is 11.3 Å². The number of pyridine rings is 1. The van der Waals surface area contributed by atoms with Crippen LogP contribution in [0, 0.1) is 11.3 Å². The van der Waals surface area contributed by atoms with Gasteiger partial charge in [-0.15, -0.1) is 0 Å². The Hall–Kier alpha value is -2.80. The lowest BCUT2D eigenvalue weighted by atomic mass is 9.78. The quantitative estimate of drug-likeness (QED) is 0.830. The predicted octanol–water partition coefficient (Wildman–Crippen LogP) is 3.39. The molecule has 1 N–H and O–H groups in total. The Bertz CT molecular complexity index is 1050. The molecule has 7 nitrogen and oxygen atoms in total.